The van der Waals surface area contributed by atoms with Gasteiger partial charge in [0.15, 0.2) is 11.5 Å². The number of benzene rings is 3. The SMILES string of the molecule is Cl.OCCNCc1ccc(OCc2ccccc2)c(OCc2ccccc2)c1. The molecule has 3 rings (SSSR count). The summed E-state index contributed by atoms with van der Waals surface area (Å²) in [4.78, 5) is 0. The smallest absolute Gasteiger partial charge is 0.162 e. The lowest BCUT2D eigenvalue weighted by molar-refractivity contribution is 0.255. The Labute approximate surface area is 172 Å². The van der Waals surface area contributed by atoms with Crippen LogP contribution in [0.15, 0.2) is 78.9 Å². The van der Waals surface area contributed by atoms with Crippen molar-refractivity contribution in [3.8, 4) is 11.5 Å². The van der Waals surface area contributed by atoms with Crippen molar-refractivity contribution in [2.75, 3.05) is 13.2 Å². The van der Waals surface area contributed by atoms with Crippen LogP contribution in [0.4, 0.5) is 0 Å². The zero-order valence-corrected chi connectivity index (χ0v) is 16.5. The minimum absolute atomic E-state index is 0. The average Bonchev–Trinajstić information content (AvgIpc) is 2.73. The molecule has 0 heterocycles. The summed E-state index contributed by atoms with van der Waals surface area (Å²) in [5, 5.41) is 12.1. The van der Waals surface area contributed by atoms with E-state index in [9.17, 15) is 0 Å². The van der Waals surface area contributed by atoms with Gasteiger partial charge in [0.25, 0.3) is 0 Å². The van der Waals surface area contributed by atoms with Crippen LogP contribution >= 0.6 is 12.4 Å². The van der Waals surface area contributed by atoms with E-state index in [4.69, 9.17) is 14.6 Å². The summed E-state index contributed by atoms with van der Waals surface area (Å²) in [5.41, 5.74) is 3.30. The van der Waals surface area contributed by atoms with E-state index in [1.165, 1.54) is 0 Å². The van der Waals surface area contributed by atoms with Crippen molar-refractivity contribution in [3.05, 3.63) is 95.6 Å². The van der Waals surface area contributed by atoms with Crippen LogP contribution in [0.1, 0.15) is 16.7 Å². The summed E-state index contributed by atoms with van der Waals surface area (Å²) in [5.74, 6) is 1.44. The normalized spacial score (nSPS) is 10.2. The summed E-state index contributed by atoms with van der Waals surface area (Å²) in [7, 11) is 0. The van der Waals surface area contributed by atoms with Gasteiger partial charge in [-0.25, -0.2) is 0 Å². The third-order valence-corrected chi connectivity index (χ3v) is 4.10. The first-order valence-corrected chi connectivity index (χ1v) is 9.13. The first kappa shape index (κ1) is 21.8. The summed E-state index contributed by atoms with van der Waals surface area (Å²) < 4.78 is 12.1. The van der Waals surface area contributed by atoms with E-state index >= 15 is 0 Å². The zero-order chi connectivity index (χ0) is 18.7. The molecular weight excluding hydrogens is 374 g/mol. The second-order valence-electron chi connectivity index (χ2n) is 6.23. The number of nitrogens with one attached hydrogen (secondary N) is 1. The Morgan fingerprint density at radius 1 is 0.679 bits per heavy atom. The lowest BCUT2D eigenvalue weighted by Gasteiger charge is -2.15. The molecule has 0 bridgehead atoms. The molecule has 3 aromatic rings. The monoisotopic (exact) mass is 399 g/mol. The van der Waals surface area contributed by atoms with E-state index in [0.29, 0.717) is 26.3 Å². The first-order valence-electron chi connectivity index (χ1n) is 9.13. The molecule has 0 aliphatic heterocycles. The average molecular weight is 400 g/mol. The third-order valence-electron chi connectivity index (χ3n) is 4.10. The van der Waals surface area contributed by atoms with Gasteiger partial charge < -0.3 is 19.9 Å². The summed E-state index contributed by atoms with van der Waals surface area (Å²) in [6, 6.07) is 26.1. The van der Waals surface area contributed by atoms with Gasteiger partial charge in [-0.3, -0.25) is 0 Å². The molecule has 0 unspecified atom stereocenters. The molecule has 0 aromatic heterocycles. The van der Waals surface area contributed by atoms with Crippen molar-refractivity contribution in [3.63, 3.8) is 0 Å². The van der Waals surface area contributed by atoms with Gasteiger partial charge in [0.2, 0.25) is 0 Å². The number of ether oxygens (including phenoxy) is 2. The fourth-order valence-corrected chi connectivity index (χ4v) is 2.68. The van der Waals surface area contributed by atoms with E-state index in [0.717, 1.165) is 28.2 Å². The van der Waals surface area contributed by atoms with Gasteiger partial charge in [-0.2, -0.15) is 0 Å². The van der Waals surface area contributed by atoms with Crippen LogP contribution in [0, 0.1) is 0 Å². The fraction of sp³-hybridized carbons (Fsp3) is 0.217. The molecule has 0 spiro atoms. The highest BCUT2D eigenvalue weighted by Gasteiger charge is 2.08. The highest BCUT2D eigenvalue weighted by atomic mass is 35.5. The first-order chi connectivity index (χ1) is 13.3. The molecule has 28 heavy (non-hydrogen) atoms. The number of hydrogen-bond acceptors (Lipinski definition) is 4. The molecule has 4 nitrogen and oxygen atoms in total. The van der Waals surface area contributed by atoms with Gasteiger partial charge in [-0.15, -0.1) is 12.4 Å². The molecule has 0 atom stereocenters. The van der Waals surface area contributed by atoms with Gasteiger partial charge in [-0.1, -0.05) is 66.7 Å². The number of aliphatic hydroxyl groups excluding tert-OH is 1. The van der Waals surface area contributed by atoms with E-state index in [2.05, 4.69) is 5.32 Å². The largest absolute Gasteiger partial charge is 0.485 e. The number of halogens is 1. The Bertz CT molecular complexity index is 813. The van der Waals surface area contributed by atoms with Crippen LogP contribution in [-0.2, 0) is 19.8 Å². The van der Waals surface area contributed by atoms with Crippen molar-refractivity contribution in [1.29, 1.82) is 0 Å². The van der Waals surface area contributed by atoms with Crippen molar-refractivity contribution in [1.82, 2.24) is 5.32 Å². The maximum Gasteiger partial charge on any atom is 0.162 e. The van der Waals surface area contributed by atoms with Crippen molar-refractivity contribution < 1.29 is 14.6 Å². The lowest BCUT2D eigenvalue weighted by atomic mass is 10.2. The Kier molecular flexibility index (Phi) is 9.35. The molecule has 5 heteroatoms. The quantitative estimate of drug-likeness (QED) is 0.498. The second kappa shape index (κ2) is 12.0. The molecule has 0 saturated heterocycles. The minimum atomic E-state index is 0. The topological polar surface area (TPSA) is 50.7 Å². The highest BCUT2D eigenvalue weighted by molar-refractivity contribution is 5.85. The third kappa shape index (κ3) is 6.89. The summed E-state index contributed by atoms with van der Waals surface area (Å²) in [6.07, 6.45) is 0. The van der Waals surface area contributed by atoms with Crippen LogP contribution in [0.25, 0.3) is 0 Å². The minimum Gasteiger partial charge on any atom is -0.485 e. The van der Waals surface area contributed by atoms with Crippen LogP contribution in [-0.4, -0.2) is 18.3 Å². The molecular formula is C23H26ClNO3. The molecule has 0 saturated carbocycles. The Morgan fingerprint density at radius 2 is 1.25 bits per heavy atom. The van der Waals surface area contributed by atoms with Gasteiger partial charge in [0, 0.05) is 13.1 Å². The second-order valence-corrected chi connectivity index (χ2v) is 6.23. The molecule has 148 valence electrons. The van der Waals surface area contributed by atoms with Gasteiger partial charge in [0.1, 0.15) is 13.2 Å². The highest BCUT2D eigenvalue weighted by Crippen LogP contribution is 2.30. The zero-order valence-electron chi connectivity index (χ0n) is 15.7. The summed E-state index contributed by atoms with van der Waals surface area (Å²) >= 11 is 0. The van der Waals surface area contributed by atoms with Crippen molar-refractivity contribution in [2.24, 2.45) is 0 Å². The maximum absolute atomic E-state index is 8.92. The number of aliphatic hydroxyl groups is 1. The lowest BCUT2D eigenvalue weighted by Crippen LogP contribution is -2.17. The predicted molar refractivity (Wildman–Crippen MR) is 114 cm³/mol. The van der Waals surface area contributed by atoms with E-state index in [-0.39, 0.29) is 19.0 Å². The standard InChI is InChI=1S/C23H25NO3.ClH/c25-14-13-24-16-21-11-12-22(26-17-19-7-3-1-4-8-19)23(15-21)27-18-20-9-5-2-6-10-20;/h1-12,15,24-25H,13-14,16-18H2;1H. The van der Waals surface area contributed by atoms with E-state index < -0.39 is 0 Å². The van der Waals surface area contributed by atoms with E-state index in [1.54, 1.807) is 0 Å². The molecule has 0 amide bonds. The molecule has 0 aliphatic carbocycles. The van der Waals surface area contributed by atoms with Crippen molar-refractivity contribution >= 4 is 12.4 Å². The van der Waals surface area contributed by atoms with Crippen LogP contribution in [0.3, 0.4) is 0 Å². The molecule has 0 radical (unpaired) electrons. The Hall–Kier alpha value is -2.53. The van der Waals surface area contributed by atoms with Crippen molar-refractivity contribution in [2.45, 2.75) is 19.8 Å². The van der Waals surface area contributed by atoms with Crippen LogP contribution in [0.2, 0.25) is 0 Å². The van der Waals surface area contributed by atoms with Gasteiger partial charge >= 0.3 is 0 Å². The number of hydrogen-bond donors (Lipinski definition) is 2. The number of rotatable bonds is 10. The maximum atomic E-state index is 8.92. The Balaban J connectivity index is 0.00000280. The van der Waals surface area contributed by atoms with Gasteiger partial charge in [0.05, 0.1) is 6.61 Å². The molecule has 0 fully saturated rings. The van der Waals surface area contributed by atoms with Gasteiger partial charge in [-0.05, 0) is 28.8 Å². The Morgan fingerprint density at radius 3 is 1.82 bits per heavy atom. The predicted octanol–water partition coefficient (Wildman–Crippen LogP) is 4.35. The fourth-order valence-electron chi connectivity index (χ4n) is 2.68. The van der Waals surface area contributed by atoms with Crippen LogP contribution < -0.4 is 14.8 Å². The summed E-state index contributed by atoms with van der Waals surface area (Å²) in [6.45, 7) is 2.32. The molecule has 0 aliphatic rings. The molecule has 3 aromatic carbocycles. The molecule has 2 N–H and O–H groups in total. The van der Waals surface area contributed by atoms with E-state index in [1.807, 2.05) is 78.9 Å². The van der Waals surface area contributed by atoms with Crippen LogP contribution in [0.5, 0.6) is 11.5 Å².